The molecular formula is C23H24FN7O. The molecule has 3 aromatic heterocycles. The molecule has 1 aromatic carbocycles. The van der Waals surface area contributed by atoms with Crippen LogP contribution in [-0.4, -0.2) is 29.8 Å². The second-order valence-electron chi connectivity index (χ2n) is 7.99. The lowest BCUT2D eigenvalue weighted by molar-refractivity contribution is 0.227. The van der Waals surface area contributed by atoms with Crippen LogP contribution in [0.15, 0.2) is 30.5 Å². The minimum absolute atomic E-state index is 0.275. The molecule has 8 nitrogen and oxygen atoms in total. The zero-order chi connectivity index (χ0) is 22.6. The van der Waals surface area contributed by atoms with Crippen molar-refractivity contribution in [1.29, 1.82) is 0 Å². The van der Waals surface area contributed by atoms with Gasteiger partial charge in [-0.15, -0.1) is 0 Å². The molecular weight excluding hydrogens is 409 g/mol. The molecule has 2 bridgehead atoms. The largest absolute Gasteiger partial charge is 0.482 e. The van der Waals surface area contributed by atoms with Gasteiger partial charge >= 0.3 is 0 Å². The second-order valence-corrected chi connectivity index (χ2v) is 7.99. The van der Waals surface area contributed by atoms with Gasteiger partial charge in [0.05, 0.1) is 17.1 Å². The van der Waals surface area contributed by atoms with E-state index in [4.69, 9.17) is 15.6 Å². The lowest BCUT2D eigenvalue weighted by atomic mass is 9.95. The summed E-state index contributed by atoms with van der Waals surface area (Å²) < 4.78 is 22.4. The Kier molecular flexibility index (Phi) is 4.69. The number of ether oxygens (including phenoxy) is 1. The third-order valence-electron chi connectivity index (χ3n) is 5.84. The maximum absolute atomic E-state index is 14.3. The van der Waals surface area contributed by atoms with E-state index in [9.17, 15) is 4.39 Å². The van der Waals surface area contributed by atoms with Gasteiger partial charge in [-0.25, -0.2) is 9.37 Å². The van der Waals surface area contributed by atoms with Crippen molar-refractivity contribution in [3.8, 4) is 28.3 Å². The van der Waals surface area contributed by atoms with Gasteiger partial charge in [0.25, 0.3) is 0 Å². The van der Waals surface area contributed by atoms with Crippen LogP contribution >= 0.6 is 0 Å². The maximum Gasteiger partial charge on any atom is 0.166 e. The van der Waals surface area contributed by atoms with Crippen LogP contribution in [0, 0.1) is 12.7 Å². The molecule has 1 atom stereocenters. The number of nitrogens with two attached hydrogens (primary N) is 1. The first-order valence-electron chi connectivity index (χ1n) is 10.5. The molecule has 0 radical (unpaired) electrons. The number of fused-ring (bicyclic) bond motifs is 7. The number of halogens is 1. The quantitative estimate of drug-likeness (QED) is 0.490. The first kappa shape index (κ1) is 20.2. The van der Waals surface area contributed by atoms with Crippen molar-refractivity contribution < 1.29 is 9.13 Å². The average Bonchev–Trinajstić information content (AvgIpc) is 3.28. The van der Waals surface area contributed by atoms with Crippen LogP contribution in [0.1, 0.15) is 42.5 Å². The summed E-state index contributed by atoms with van der Waals surface area (Å²) in [6.07, 6.45) is 1.76. The van der Waals surface area contributed by atoms with Gasteiger partial charge < -0.3 is 10.5 Å². The molecule has 0 fully saturated rings. The van der Waals surface area contributed by atoms with Crippen molar-refractivity contribution in [2.75, 3.05) is 5.73 Å². The fourth-order valence-corrected chi connectivity index (χ4v) is 4.34. The van der Waals surface area contributed by atoms with Crippen molar-refractivity contribution in [1.82, 2.24) is 29.8 Å². The van der Waals surface area contributed by atoms with E-state index in [0.717, 1.165) is 33.8 Å². The fourth-order valence-electron chi connectivity index (χ4n) is 4.34. The molecule has 0 saturated heterocycles. The standard InChI is InChI=1S/C23H24FN7O/c1-5-31-22-14-8-20(23(25)26-11-14)32-13(3)18-9-15(24)6-7-16(18)21-19(28-30(4)29-21)10-17(22)12(2)27-31/h6-9,11,13H,5,10H2,1-4H3,(H2,25,26)/t13-/m1/s1. The van der Waals surface area contributed by atoms with Crippen LogP contribution in [0.5, 0.6) is 5.75 Å². The molecule has 0 aliphatic carbocycles. The number of nitrogens with zero attached hydrogens (tertiary/aromatic N) is 6. The highest BCUT2D eigenvalue weighted by molar-refractivity contribution is 5.71. The number of hydrogen-bond donors (Lipinski definition) is 1. The number of pyridine rings is 1. The third-order valence-corrected chi connectivity index (χ3v) is 5.84. The Labute approximate surface area is 184 Å². The van der Waals surface area contributed by atoms with Gasteiger partial charge in [-0.2, -0.15) is 20.1 Å². The molecule has 1 aliphatic rings. The van der Waals surface area contributed by atoms with Crippen molar-refractivity contribution in [2.24, 2.45) is 7.05 Å². The van der Waals surface area contributed by atoms with Crippen molar-refractivity contribution in [2.45, 2.75) is 39.8 Å². The summed E-state index contributed by atoms with van der Waals surface area (Å²) in [5.74, 6) is 0.369. The maximum atomic E-state index is 14.3. The minimum atomic E-state index is -0.494. The first-order chi connectivity index (χ1) is 15.4. The normalized spacial score (nSPS) is 15.1. The van der Waals surface area contributed by atoms with E-state index in [-0.39, 0.29) is 11.6 Å². The monoisotopic (exact) mass is 433 g/mol. The third kappa shape index (κ3) is 3.21. The van der Waals surface area contributed by atoms with Gasteiger partial charge in [-0.05, 0) is 45.0 Å². The molecule has 164 valence electrons. The molecule has 32 heavy (non-hydrogen) atoms. The average molecular weight is 433 g/mol. The van der Waals surface area contributed by atoms with Gasteiger partial charge in [0.15, 0.2) is 11.6 Å². The van der Waals surface area contributed by atoms with Crippen LogP contribution in [0.25, 0.3) is 22.5 Å². The highest BCUT2D eigenvalue weighted by atomic mass is 19.1. The molecule has 2 N–H and O–H groups in total. The lowest BCUT2D eigenvalue weighted by Gasteiger charge is -2.20. The van der Waals surface area contributed by atoms with Crippen LogP contribution < -0.4 is 10.5 Å². The predicted octanol–water partition coefficient (Wildman–Crippen LogP) is 3.83. The van der Waals surface area contributed by atoms with E-state index in [1.54, 1.807) is 24.1 Å². The smallest absolute Gasteiger partial charge is 0.166 e. The summed E-state index contributed by atoms with van der Waals surface area (Å²) >= 11 is 0. The van der Waals surface area contributed by atoms with Crippen LogP contribution in [0.4, 0.5) is 10.2 Å². The highest BCUT2D eigenvalue weighted by Crippen LogP contribution is 2.38. The molecule has 0 saturated carbocycles. The van der Waals surface area contributed by atoms with E-state index in [1.165, 1.54) is 12.1 Å². The van der Waals surface area contributed by atoms with Crippen molar-refractivity contribution >= 4 is 5.82 Å². The molecule has 9 heteroatoms. The number of aromatic nitrogens is 6. The molecule has 0 spiro atoms. The SMILES string of the molecule is CCn1nc(C)c2c1-c1cnc(N)c(c1)O[C@H](C)c1cc(F)ccc1-c1nn(C)nc1C2. The van der Waals surface area contributed by atoms with Crippen LogP contribution in [-0.2, 0) is 20.0 Å². The number of benzene rings is 1. The van der Waals surface area contributed by atoms with Gasteiger partial charge in [-0.3, -0.25) is 4.68 Å². The van der Waals surface area contributed by atoms with Crippen molar-refractivity contribution in [3.63, 3.8) is 0 Å². The Hall–Kier alpha value is -3.75. The number of aryl methyl sites for hydroxylation is 3. The van der Waals surface area contributed by atoms with E-state index in [2.05, 4.69) is 15.2 Å². The Balaban J connectivity index is 1.84. The predicted molar refractivity (Wildman–Crippen MR) is 119 cm³/mol. The van der Waals surface area contributed by atoms with Gasteiger partial charge in [0.2, 0.25) is 0 Å². The number of rotatable bonds is 1. The number of anilines is 1. The Bertz CT molecular complexity index is 1340. The molecule has 0 unspecified atom stereocenters. The fraction of sp³-hybridized carbons (Fsp3) is 0.304. The molecule has 4 aromatic rings. The molecule has 5 rings (SSSR count). The van der Waals surface area contributed by atoms with E-state index in [1.807, 2.05) is 31.5 Å². The Morgan fingerprint density at radius 3 is 2.81 bits per heavy atom. The lowest BCUT2D eigenvalue weighted by Crippen LogP contribution is -2.10. The number of nitrogen functional groups attached to an aromatic ring is 1. The summed E-state index contributed by atoms with van der Waals surface area (Å²) in [6, 6.07) is 6.51. The second kappa shape index (κ2) is 7.44. The van der Waals surface area contributed by atoms with Crippen LogP contribution in [0.3, 0.4) is 0 Å². The Morgan fingerprint density at radius 2 is 2.03 bits per heavy atom. The van der Waals surface area contributed by atoms with Crippen LogP contribution in [0.2, 0.25) is 0 Å². The first-order valence-corrected chi connectivity index (χ1v) is 10.5. The molecule has 1 aliphatic heterocycles. The van der Waals surface area contributed by atoms with E-state index in [0.29, 0.717) is 30.0 Å². The number of hydrogen-bond acceptors (Lipinski definition) is 6. The summed E-state index contributed by atoms with van der Waals surface area (Å²) in [5.41, 5.74) is 12.8. The zero-order valence-electron chi connectivity index (χ0n) is 18.4. The topological polar surface area (TPSA) is 96.7 Å². The summed E-state index contributed by atoms with van der Waals surface area (Å²) in [5, 5.41) is 14.0. The zero-order valence-corrected chi connectivity index (χ0v) is 18.4. The Morgan fingerprint density at radius 1 is 1.22 bits per heavy atom. The molecule has 4 heterocycles. The van der Waals surface area contributed by atoms with Gasteiger partial charge in [-0.1, -0.05) is 0 Å². The van der Waals surface area contributed by atoms with E-state index >= 15 is 0 Å². The summed E-state index contributed by atoms with van der Waals surface area (Å²) in [4.78, 5) is 5.92. The van der Waals surface area contributed by atoms with Gasteiger partial charge in [0.1, 0.15) is 17.6 Å². The highest BCUT2D eigenvalue weighted by Gasteiger charge is 2.26. The minimum Gasteiger partial charge on any atom is -0.482 e. The summed E-state index contributed by atoms with van der Waals surface area (Å²) in [7, 11) is 1.78. The van der Waals surface area contributed by atoms with E-state index < -0.39 is 6.10 Å². The summed E-state index contributed by atoms with van der Waals surface area (Å²) in [6.45, 7) is 6.59. The molecule has 0 amide bonds. The van der Waals surface area contributed by atoms with Crippen molar-refractivity contribution in [3.05, 3.63) is 58.8 Å². The van der Waals surface area contributed by atoms with Gasteiger partial charge in [0, 0.05) is 48.5 Å².